The Kier molecular flexibility index (Phi) is 14.3. The summed E-state index contributed by atoms with van der Waals surface area (Å²) in [6.45, 7) is 9.42. The van der Waals surface area contributed by atoms with Crippen LogP contribution in [0, 0.1) is 29.6 Å². The monoisotopic (exact) mass is 517 g/mol. The van der Waals surface area contributed by atoms with Crippen LogP contribution in [-0.2, 0) is 9.47 Å². The van der Waals surface area contributed by atoms with E-state index in [1.165, 1.54) is 12.8 Å². The molecule has 1 aliphatic heterocycles. The molecule has 0 radical (unpaired) electrons. The minimum atomic E-state index is 0.123. The van der Waals surface area contributed by atoms with Crippen LogP contribution in [0.25, 0.3) is 0 Å². The number of hydrogen-bond donors (Lipinski definition) is 0. The molecule has 0 amide bonds. The lowest BCUT2D eigenvalue weighted by Crippen LogP contribution is -2.33. The Bertz CT molecular complexity index is 914. The molecule has 2 atom stereocenters. The van der Waals surface area contributed by atoms with E-state index in [2.05, 4.69) is 42.4 Å². The Morgan fingerprint density at radius 1 is 0.711 bits per heavy atom. The second kappa shape index (κ2) is 18.3. The zero-order valence-electron chi connectivity index (χ0n) is 23.1. The molecule has 1 fully saturated rings. The van der Waals surface area contributed by atoms with E-state index >= 15 is 0 Å². The highest BCUT2D eigenvalue weighted by molar-refractivity contribution is 5.21. The number of para-hydroxylation sites is 2. The summed E-state index contributed by atoms with van der Waals surface area (Å²) in [5, 5.41) is 0. The Morgan fingerprint density at radius 3 is 1.74 bits per heavy atom. The smallest absolute Gasteiger partial charge is 0.119 e. The number of hydrogen-bond acceptors (Lipinski definition) is 5. The van der Waals surface area contributed by atoms with Crippen molar-refractivity contribution in [3.63, 3.8) is 0 Å². The summed E-state index contributed by atoms with van der Waals surface area (Å²) in [4.78, 5) is 2.43. The van der Waals surface area contributed by atoms with Gasteiger partial charge in [0.05, 0.1) is 32.0 Å². The van der Waals surface area contributed by atoms with Crippen molar-refractivity contribution >= 4 is 0 Å². The second-order valence-corrected chi connectivity index (χ2v) is 9.80. The molecule has 5 nitrogen and oxygen atoms in total. The number of likely N-dealkylation sites (tertiary alicyclic amines) is 1. The standard InChI is InChI=1S/C33H43NO4/c1-29(37-32-14-5-3-6-15-32)20-27-35-25-11-9-13-31-18-23-34(24-19-31)22-10-12-26-36-28-21-30(2)38-33-16-7-4-8-17-33/h3-8,14-17,29-31H,13,18-28H2,1-2H3. The molecule has 204 valence electrons. The lowest BCUT2D eigenvalue weighted by Gasteiger charge is -2.29. The van der Waals surface area contributed by atoms with Crippen LogP contribution in [0.2, 0.25) is 0 Å². The van der Waals surface area contributed by atoms with Crippen molar-refractivity contribution in [2.24, 2.45) is 5.92 Å². The average molecular weight is 518 g/mol. The lowest BCUT2D eigenvalue weighted by atomic mass is 9.94. The number of benzene rings is 2. The normalized spacial score (nSPS) is 15.4. The molecule has 0 bridgehead atoms. The van der Waals surface area contributed by atoms with Gasteiger partial charge in [-0.3, -0.25) is 4.90 Å². The maximum atomic E-state index is 5.86. The van der Waals surface area contributed by atoms with Gasteiger partial charge in [-0.1, -0.05) is 54.2 Å². The largest absolute Gasteiger partial charge is 0.491 e. The van der Waals surface area contributed by atoms with Gasteiger partial charge in [-0.2, -0.15) is 0 Å². The van der Waals surface area contributed by atoms with E-state index in [1.54, 1.807) is 0 Å². The molecule has 2 unspecified atom stereocenters. The molecule has 1 aliphatic rings. The molecule has 5 heteroatoms. The lowest BCUT2D eigenvalue weighted by molar-refractivity contribution is 0.118. The van der Waals surface area contributed by atoms with Gasteiger partial charge in [0.15, 0.2) is 0 Å². The number of nitrogens with zero attached hydrogens (tertiary/aromatic N) is 1. The predicted molar refractivity (Wildman–Crippen MR) is 153 cm³/mol. The van der Waals surface area contributed by atoms with E-state index < -0.39 is 0 Å². The third-order valence-corrected chi connectivity index (χ3v) is 6.50. The fraction of sp³-hybridized carbons (Fsp3) is 0.515. The van der Waals surface area contributed by atoms with Crippen molar-refractivity contribution in [2.75, 3.05) is 46.1 Å². The van der Waals surface area contributed by atoms with Gasteiger partial charge in [0, 0.05) is 19.3 Å². The highest BCUT2D eigenvalue weighted by atomic mass is 16.5. The summed E-state index contributed by atoms with van der Waals surface area (Å²) in [6.07, 6.45) is 5.27. The quantitative estimate of drug-likeness (QED) is 0.232. The minimum Gasteiger partial charge on any atom is -0.491 e. The number of ether oxygens (including phenoxy) is 4. The second-order valence-electron chi connectivity index (χ2n) is 9.80. The summed E-state index contributed by atoms with van der Waals surface area (Å²) >= 11 is 0. The van der Waals surface area contributed by atoms with Gasteiger partial charge < -0.3 is 18.9 Å². The van der Waals surface area contributed by atoms with Gasteiger partial charge in [-0.25, -0.2) is 0 Å². The van der Waals surface area contributed by atoms with E-state index in [9.17, 15) is 0 Å². The fourth-order valence-electron chi connectivity index (χ4n) is 4.16. The third-order valence-electron chi connectivity index (χ3n) is 6.50. The number of rotatable bonds is 14. The molecule has 1 saturated heterocycles. The first kappa shape index (κ1) is 29.6. The van der Waals surface area contributed by atoms with Crippen molar-refractivity contribution in [2.45, 2.75) is 58.2 Å². The summed E-state index contributed by atoms with van der Waals surface area (Å²) < 4.78 is 23.1. The van der Waals surface area contributed by atoms with Crippen LogP contribution in [0.4, 0.5) is 0 Å². The van der Waals surface area contributed by atoms with Crippen LogP contribution in [0.15, 0.2) is 60.7 Å². The van der Waals surface area contributed by atoms with E-state index in [0.29, 0.717) is 32.3 Å². The molecule has 38 heavy (non-hydrogen) atoms. The molecule has 0 aliphatic carbocycles. The summed E-state index contributed by atoms with van der Waals surface area (Å²) in [5.74, 6) is 15.4. The summed E-state index contributed by atoms with van der Waals surface area (Å²) in [7, 11) is 0. The first-order valence-corrected chi connectivity index (χ1v) is 13.9. The highest BCUT2D eigenvalue weighted by Gasteiger charge is 2.17. The molecular weight excluding hydrogens is 474 g/mol. The molecule has 0 spiro atoms. The van der Waals surface area contributed by atoms with Gasteiger partial charge in [0.1, 0.15) is 24.7 Å². The van der Waals surface area contributed by atoms with Crippen LogP contribution < -0.4 is 9.47 Å². The van der Waals surface area contributed by atoms with Crippen molar-refractivity contribution in [3.8, 4) is 35.2 Å². The molecule has 3 rings (SSSR count). The molecule has 1 heterocycles. The molecule has 2 aromatic rings. The maximum Gasteiger partial charge on any atom is 0.119 e. The van der Waals surface area contributed by atoms with E-state index in [4.69, 9.17) is 18.9 Å². The topological polar surface area (TPSA) is 40.2 Å². The first-order chi connectivity index (χ1) is 18.7. The van der Waals surface area contributed by atoms with E-state index in [0.717, 1.165) is 50.4 Å². The van der Waals surface area contributed by atoms with E-state index in [-0.39, 0.29) is 12.2 Å². The van der Waals surface area contributed by atoms with Gasteiger partial charge >= 0.3 is 0 Å². The zero-order valence-corrected chi connectivity index (χ0v) is 23.1. The average Bonchev–Trinajstić information content (AvgIpc) is 2.94. The van der Waals surface area contributed by atoms with Gasteiger partial charge in [0.2, 0.25) is 0 Å². The first-order valence-electron chi connectivity index (χ1n) is 13.9. The minimum absolute atomic E-state index is 0.123. The van der Waals surface area contributed by atoms with Crippen LogP contribution in [0.5, 0.6) is 11.5 Å². The summed E-state index contributed by atoms with van der Waals surface area (Å²) in [5.41, 5.74) is 0. The molecule has 0 saturated carbocycles. The predicted octanol–water partition coefficient (Wildman–Crippen LogP) is 5.84. The van der Waals surface area contributed by atoms with Crippen molar-refractivity contribution in [1.82, 2.24) is 4.90 Å². The molecule has 0 N–H and O–H groups in total. The van der Waals surface area contributed by atoms with E-state index in [1.807, 2.05) is 60.7 Å². The van der Waals surface area contributed by atoms with Gasteiger partial charge in [0.25, 0.3) is 0 Å². The highest BCUT2D eigenvalue weighted by Crippen LogP contribution is 2.19. The molecule has 0 aromatic heterocycles. The van der Waals surface area contributed by atoms with Gasteiger partial charge in [-0.15, -0.1) is 5.92 Å². The van der Waals surface area contributed by atoms with Crippen LogP contribution >= 0.6 is 0 Å². The fourth-order valence-corrected chi connectivity index (χ4v) is 4.16. The molecule has 2 aromatic carbocycles. The Labute approximate surface area is 229 Å². The van der Waals surface area contributed by atoms with Crippen molar-refractivity contribution in [3.05, 3.63) is 60.7 Å². The Balaban J connectivity index is 1.14. The van der Waals surface area contributed by atoms with Crippen LogP contribution in [-0.4, -0.2) is 63.2 Å². The molecular formula is C33H43NO4. The summed E-state index contributed by atoms with van der Waals surface area (Å²) in [6, 6.07) is 19.8. The Hall–Kier alpha value is -2.96. The Morgan fingerprint density at radius 2 is 1.21 bits per heavy atom. The van der Waals surface area contributed by atoms with Crippen LogP contribution in [0.1, 0.15) is 46.0 Å². The van der Waals surface area contributed by atoms with Crippen molar-refractivity contribution < 1.29 is 18.9 Å². The van der Waals surface area contributed by atoms with Crippen molar-refractivity contribution in [1.29, 1.82) is 0 Å². The zero-order chi connectivity index (χ0) is 26.7. The van der Waals surface area contributed by atoms with Gasteiger partial charge in [-0.05, 0) is 70.0 Å². The maximum absolute atomic E-state index is 5.86. The SMILES string of the molecule is CC(CCOCC#CCC1CCN(CC#CCOCCC(C)Oc2ccccc2)CC1)Oc1ccccc1. The third kappa shape index (κ3) is 13.0. The number of piperidine rings is 1. The van der Waals surface area contributed by atoms with Crippen LogP contribution in [0.3, 0.4) is 0 Å².